The molecule has 0 amide bonds. The van der Waals surface area contributed by atoms with Gasteiger partial charge in [0.1, 0.15) is 0 Å². The molecule has 0 bridgehead atoms. The highest BCUT2D eigenvalue weighted by Crippen LogP contribution is 2.15. The molecule has 0 saturated carbocycles. The van der Waals surface area contributed by atoms with E-state index in [-0.39, 0.29) is 5.60 Å². The first-order valence-electron chi connectivity index (χ1n) is 4.32. The fourth-order valence-corrected chi connectivity index (χ4v) is 1.54. The minimum absolute atomic E-state index is 0.182. The largest absolute Gasteiger partial charge is 0.418 e. The summed E-state index contributed by atoms with van der Waals surface area (Å²) < 4.78 is 11.0. The highest BCUT2D eigenvalue weighted by Gasteiger charge is 2.22. The topological polar surface area (TPSA) is 18.5 Å². The maximum absolute atomic E-state index is 5.62. The zero-order valence-electron chi connectivity index (χ0n) is 8.59. The summed E-state index contributed by atoms with van der Waals surface area (Å²) in [6.45, 7) is 10.7. The number of hydrogen-bond donors (Lipinski definition) is 0. The van der Waals surface area contributed by atoms with Crippen LogP contribution < -0.4 is 0 Å². The fraction of sp³-hybridized carbons (Fsp3) is 0.778. The van der Waals surface area contributed by atoms with Crippen LogP contribution in [0, 0.1) is 0 Å². The highest BCUT2D eigenvalue weighted by molar-refractivity contribution is 6.48. The molecule has 1 unspecified atom stereocenters. The van der Waals surface area contributed by atoms with Crippen LogP contribution in [0.2, 0.25) is 13.1 Å². The predicted molar refractivity (Wildman–Crippen MR) is 55.1 cm³/mol. The van der Waals surface area contributed by atoms with Crippen LogP contribution >= 0.6 is 0 Å². The normalized spacial score (nSPS) is 16.1. The van der Waals surface area contributed by atoms with Gasteiger partial charge in [0.25, 0.3) is 0 Å². The number of rotatable bonds is 6. The molecule has 0 saturated heterocycles. The maximum atomic E-state index is 5.62. The maximum Gasteiger partial charge on any atom is 0.171 e. The monoisotopic (exact) mass is 188 g/mol. The Morgan fingerprint density at radius 1 is 1.50 bits per heavy atom. The quantitative estimate of drug-likeness (QED) is 0.469. The van der Waals surface area contributed by atoms with Crippen molar-refractivity contribution in [2.45, 2.75) is 32.0 Å². The van der Waals surface area contributed by atoms with Crippen LogP contribution in [0.1, 0.15) is 13.3 Å². The molecular formula is C9H20O2Si. The average molecular weight is 188 g/mol. The summed E-state index contributed by atoms with van der Waals surface area (Å²) in [5.41, 5.74) is -0.182. The standard InChI is InChI=1S/C9H20O2Si/c1-6-7-9(2,10-3)8-11-12(4)5/h6,12H,1,7-8H2,2-5H3. The molecule has 0 N–H and O–H groups in total. The van der Waals surface area contributed by atoms with Crippen molar-refractivity contribution in [3.8, 4) is 0 Å². The lowest BCUT2D eigenvalue weighted by Gasteiger charge is -2.27. The molecule has 0 spiro atoms. The van der Waals surface area contributed by atoms with E-state index in [9.17, 15) is 0 Å². The minimum Gasteiger partial charge on any atom is -0.418 e. The van der Waals surface area contributed by atoms with Crippen molar-refractivity contribution in [2.24, 2.45) is 0 Å². The zero-order chi connectivity index (χ0) is 9.61. The number of methoxy groups -OCH3 is 1. The molecule has 3 heteroatoms. The summed E-state index contributed by atoms with van der Waals surface area (Å²) in [6, 6.07) is 0. The fourth-order valence-electron chi connectivity index (χ4n) is 0.849. The molecule has 0 radical (unpaired) electrons. The van der Waals surface area contributed by atoms with E-state index < -0.39 is 9.04 Å². The van der Waals surface area contributed by atoms with Crippen LogP contribution in [0.25, 0.3) is 0 Å². The molecular weight excluding hydrogens is 168 g/mol. The second-order valence-corrected chi connectivity index (χ2v) is 5.94. The third-order valence-corrected chi connectivity index (χ3v) is 2.62. The van der Waals surface area contributed by atoms with Gasteiger partial charge < -0.3 is 9.16 Å². The van der Waals surface area contributed by atoms with Crippen molar-refractivity contribution < 1.29 is 9.16 Å². The molecule has 72 valence electrons. The van der Waals surface area contributed by atoms with Gasteiger partial charge in [0, 0.05) is 7.11 Å². The lowest BCUT2D eigenvalue weighted by molar-refractivity contribution is -0.0277. The molecule has 0 rings (SSSR count). The molecule has 0 aromatic rings. The van der Waals surface area contributed by atoms with E-state index in [1.54, 1.807) is 7.11 Å². The van der Waals surface area contributed by atoms with E-state index in [2.05, 4.69) is 19.7 Å². The average Bonchev–Trinajstić information content (AvgIpc) is 2.02. The van der Waals surface area contributed by atoms with Crippen LogP contribution in [0.5, 0.6) is 0 Å². The summed E-state index contributed by atoms with van der Waals surface area (Å²) in [5, 5.41) is 0. The Hall–Kier alpha value is -0.123. The van der Waals surface area contributed by atoms with Crippen molar-refractivity contribution in [3.05, 3.63) is 12.7 Å². The first kappa shape index (κ1) is 11.9. The Labute approximate surface area is 77.3 Å². The van der Waals surface area contributed by atoms with Gasteiger partial charge in [-0.25, -0.2) is 0 Å². The van der Waals surface area contributed by atoms with Gasteiger partial charge in [0.15, 0.2) is 9.04 Å². The molecule has 0 aromatic heterocycles. The van der Waals surface area contributed by atoms with Crippen molar-refractivity contribution >= 4 is 9.04 Å². The van der Waals surface area contributed by atoms with E-state index in [4.69, 9.17) is 9.16 Å². The summed E-state index contributed by atoms with van der Waals surface area (Å²) in [7, 11) is 0.793. The Morgan fingerprint density at radius 3 is 2.42 bits per heavy atom. The number of ether oxygens (including phenoxy) is 1. The molecule has 0 aliphatic heterocycles. The molecule has 0 aliphatic carbocycles. The third kappa shape index (κ3) is 4.69. The Bertz CT molecular complexity index is 136. The number of hydrogen-bond acceptors (Lipinski definition) is 2. The molecule has 0 fully saturated rings. The minimum atomic E-state index is -0.924. The van der Waals surface area contributed by atoms with Gasteiger partial charge >= 0.3 is 0 Å². The van der Waals surface area contributed by atoms with Gasteiger partial charge in [0.05, 0.1) is 12.2 Å². The lowest BCUT2D eigenvalue weighted by Crippen LogP contribution is -2.34. The van der Waals surface area contributed by atoms with Crippen molar-refractivity contribution in [1.29, 1.82) is 0 Å². The first-order valence-corrected chi connectivity index (χ1v) is 7.10. The highest BCUT2D eigenvalue weighted by atomic mass is 28.3. The van der Waals surface area contributed by atoms with Crippen LogP contribution in [-0.4, -0.2) is 28.4 Å². The zero-order valence-corrected chi connectivity index (χ0v) is 9.75. The summed E-state index contributed by atoms with van der Waals surface area (Å²) in [6.07, 6.45) is 2.71. The van der Waals surface area contributed by atoms with E-state index in [0.717, 1.165) is 6.42 Å². The first-order chi connectivity index (χ1) is 5.54. The second-order valence-electron chi connectivity index (χ2n) is 3.51. The Morgan fingerprint density at radius 2 is 2.08 bits per heavy atom. The van der Waals surface area contributed by atoms with E-state index >= 15 is 0 Å². The van der Waals surface area contributed by atoms with Crippen molar-refractivity contribution in [3.63, 3.8) is 0 Å². The van der Waals surface area contributed by atoms with Gasteiger partial charge in [-0.2, -0.15) is 0 Å². The van der Waals surface area contributed by atoms with Gasteiger partial charge in [-0.1, -0.05) is 6.08 Å². The molecule has 0 aromatic carbocycles. The Balaban J connectivity index is 3.86. The summed E-state index contributed by atoms with van der Waals surface area (Å²) in [5.74, 6) is 0. The predicted octanol–water partition coefficient (Wildman–Crippen LogP) is 1.97. The van der Waals surface area contributed by atoms with E-state index in [1.807, 2.05) is 13.0 Å². The molecule has 0 aliphatic rings. The molecule has 0 heterocycles. The van der Waals surface area contributed by atoms with Crippen LogP contribution in [0.15, 0.2) is 12.7 Å². The van der Waals surface area contributed by atoms with Gasteiger partial charge in [-0.05, 0) is 26.4 Å². The van der Waals surface area contributed by atoms with Crippen LogP contribution in [0.3, 0.4) is 0 Å². The van der Waals surface area contributed by atoms with E-state index in [0.29, 0.717) is 6.61 Å². The third-order valence-electron chi connectivity index (χ3n) is 1.79. The molecule has 12 heavy (non-hydrogen) atoms. The second kappa shape index (κ2) is 5.51. The lowest BCUT2D eigenvalue weighted by atomic mass is 10.0. The van der Waals surface area contributed by atoms with Crippen LogP contribution in [0.4, 0.5) is 0 Å². The van der Waals surface area contributed by atoms with Gasteiger partial charge in [-0.3, -0.25) is 0 Å². The van der Waals surface area contributed by atoms with E-state index in [1.165, 1.54) is 0 Å². The SMILES string of the molecule is C=CCC(C)(CO[SiH](C)C)OC. The van der Waals surface area contributed by atoms with Crippen LogP contribution in [-0.2, 0) is 9.16 Å². The molecule has 1 atom stereocenters. The smallest absolute Gasteiger partial charge is 0.171 e. The van der Waals surface area contributed by atoms with Gasteiger partial charge in [-0.15, -0.1) is 6.58 Å². The van der Waals surface area contributed by atoms with Crippen molar-refractivity contribution in [1.82, 2.24) is 0 Å². The van der Waals surface area contributed by atoms with Gasteiger partial charge in [0.2, 0.25) is 0 Å². The van der Waals surface area contributed by atoms with Crippen molar-refractivity contribution in [2.75, 3.05) is 13.7 Å². The molecule has 2 nitrogen and oxygen atoms in total. The summed E-state index contributed by atoms with van der Waals surface area (Å²) >= 11 is 0. The Kier molecular flexibility index (Phi) is 5.45. The summed E-state index contributed by atoms with van der Waals surface area (Å²) in [4.78, 5) is 0.